The van der Waals surface area contributed by atoms with Gasteiger partial charge in [0, 0.05) is 24.0 Å². The van der Waals surface area contributed by atoms with Crippen molar-refractivity contribution in [1.82, 2.24) is 9.97 Å². The van der Waals surface area contributed by atoms with Gasteiger partial charge in [-0.2, -0.15) is 0 Å². The van der Waals surface area contributed by atoms with Gasteiger partial charge in [0.1, 0.15) is 6.33 Å². The van der Waals surface area contributed by atoms with Crippen LogP contribution >= 0.6 is 0 Å². The summed E-state index contributed by atoms with van der Waals surface area (Å²) in [4.78, 5) is 7.78. The maximum absolute atomic E-state index is 5.57. The standard InChI is InChI=1S/C9H13N3/c1-8(10)3-2-4-9-5-11-7-12-6-9/h2,4-8H,3,10H2,1H3/t8-/m0/s1. The fraction of sp³-hybridized carbons (Fsp3) is 0.333. The number of nitrogens with two attached hydrogens (primary N) is 1. The summed E-state index contributed by atoms with van der Waals surface area (Å²) in [5.41, 5.74) is 6.59. The zero-order valence-corrected chi connectivity index (χ0v) is 7.14. The Morgan fingerprint density at radius 1 is 1.50 bits per heavy atom. The third kappa shape index (κ3) is 3.25. The van der Waals surface area contributed by atoms with Gasteiger partial charge in [-0.05, 0) is 13.3 Å². The van der Waals surface area contributed by atoms with E-state index in [0.717, 1.165) is 12.0 Å². The lowest BCUT2D eigenvalue weighted by atomic mass is 10.2. The minimum absolute atomic E-state index is 0.214. The smallest absolute Gasteiger partial charge is 0.115 e. The molecule has 64 valence electrons. The van der Waals surface area contributed by atoms with Gasteiger partial charge in [-0.25, -0.2) is 9.97 Å². The Morgan fingerprint density at radius 3 is 2.75 bits per heavy atom. The Bertz CT molecular complexity index is 241. The first-order chi connectivity index (χ1) is 5.79. The van der Waals surface area contributed by atoms with Crippen LogP contribution in [0, 0.1) is 0 Å². The average molecular weight is 163 g/mol. The minimum atomic E-state index is 0.214. The topological polar surface area (TPSA) is 51.8 Å². The third-order valence-electron chi connectivity index (χ3n) is 1.40. The van der Waals surface area contributed by atoms with Crippen LogP contribution in [-0.4, -0.2) is 16.0 Å². The quantitative estimate of drug-likeness (QED) is 0.729. The summed E-state index contributed by atoms with van der Waals surface area (Å²) in [6.45, 7) is 1.98. The SMILES string of the molecule is C[C@H](N)CC=Cc1cncnc1. The van der Waals surface area contributed by atoms with Crippen LogP contribution in [0.2, 0.25) is 0 Å². The van der Waals surface area contributed by atoms with Crippen molar-refractivity contribution >= 4 is 6.08 Å². The predicted octanol–water partition coefficient (Wildman–Crippen LogP) is 1.23. The zero-order valence-electron chi connectivity index (χ0n) is 7.14. The summed E-state index contributed by atoms with van der Waals surface area (Å²) in [5, 5.41) is 0. The van der Waals surface area contributed by atoms with Crippen LogP contribution in [0.5, 0.6) is 0 Å². The summed E-state index contributed by atoms with van der Waals surface area (Å²) in [6.07, 6.45) is 9.94. The summed E-state index contributed by atoms with van der Waals surface area (Å²) in [7, 11) is 0. The van der Waals surface area contributed by atoms with Crippen molar-refractivity contribution in [2.75, 3.05) is 0 Å². The van der Waals surface area contributed by atoms with Crippen molar-refractivity contribution in [3.05, 3.63) is 30.4 Å². The molecule has 3 heteroatoms. The van der Waals surface area contributed by atoms with Crippen LogP contribution < -0.4 is 5.73 Å². The van der Waals surface area contributed by atoms with Gasteiger partial charge >= 0.3 is 0 Å². The van der Waals surface area contributed by atoms with Gasteiger partial charge in [-0.15, -0.1) is 0 Å². The normalized spacial score (nSPS) is 13.5. The number of hydrogen-bond donors (Lipinski definition) is 1. The highest BCUT2D eigenvalue weighted by Gasteiger charge is 1.88. The Kier molecular flexibility index (Phi) is 3.41. The largest absolute Gasteiger partial charge is 0.328 e. The van der Waals surface area contributed by atoms with E-state index in [1.807, 2.05) is 19.1 Å². The fourth-order valence-corrected chi connectivity index (χ4v) is 0.815. The van der Waals surface area contributed by atoms with Crippen LogP contribution in [0.15, 0.2) is 24.8 Å². The molecule has 0 fully saturated rings. The van der Waals surface area contributed by atoms with Crippen molar-refractivity contribution in [3.63, 3.8) is 0 Å². The fourth-order valence-electron chi connectivity index (χ4n) is 0.815. The molecule has 12 heavy (non-hydrogen) atoms. The molecule has 0 spiro atoms. The molecule has 3 nitrogen and oxygen atoms in total. The van der Waals surface area contributed by atoms with Crippen molar-refractivity contribution < 1.29 is 0 Å². The Morgan fingerprint density at radius 2 is 2.17 bits per heavy atom. The molecule has 0 aromatic carbocycles. The first-order valence-corrected chi connectivity index (χ1v) is 3.96. The molecule has 0 saturated carbocycles. The molecular formula is C9H13N3. The first-order valence-electron chi connectivity index (χ1n) is 3.96. The van der Waals surface area contributed by atoms with E-state index in [9.17, 15) is 0 Å². The van der Waals surface area contributed by atoms with E-state index in [1.54, 1.807) is 12.4 Å². The van der Waals surface area contributed by atoms with Crippen molar-refractivity contribution in [1.29, 1.82) is 0 Å². The van der Waals surface area contributed by atoms with Crippen LogP contribution in [0.1, 0.15) is 18.9 Å². The van der Waals surface area contributed by atoms with Crippen molar-refractivity contribution in [2.45, 2.75) is 19.4 Å². The number of rotatable bonds is 3. The van der Waals surface area contributed by atoms with Gasteiger partial charge in [0.25, 0.3) is 0 Å². The van der Waals surface area contributed by atoms with Crippen molar-refractivity contribution in [2.24, 2.45) is 5.73 Å². The molecule has 1 atom stereocenters. The summed E-state index contributed by atoms with van der Waals surface area (Å²) < 4.78 is 0. The highest BCUT2D eigenvalue weighted by molar-refractivity contribution is 5.45. The molecule has 1 heterocycles. The average Bonchev–Trinajstić information content (AvgIpc) is 2.05. The van der Waals surface area contributed by atoms with Gasteiger partial charge in [-0.3, -0.25) is 0 Å². The van der Waals surface area contributed by atoms with E-state index >= 15 is 0 Å². The molecule has 0 saturated heterocycles. The monoisotopic (exact) mass is 163 g/mol. The molecule has 0 aliphatic heterocycles. The highest BCUT2D eigenvalue weighted by Crippen LogP contribution is 1.98. The molecular weight excluding hydrogens is 150 g/mol. The van der Waals surface area contributed by atoms with E-state index in [0.29, 0.717) is 0 Å². The van der Waals surface area contributed by atoms with Crippen LogP contribution in [-0.2, 0) is 0 Å². The minimum Gasteiger partial charge on any atom is -0.328 e. The van der Waals surface area contributed by atoms with Crippen LogP contribution in [0.3, 0.4) is 0 Å². The van der Waals surface area contributed by atoms with Crippen LogP contribution in [0.25, 0.3) is 6.08 Å². The summed E-state index contributed by atoms with van der Waals surface area (Å²) in [5.74, 6) is 0. The Balaban J connectivity index is 2.47. The maximum Gasteiger partial charge on any atom is 0.115 e. The number of aromatic nitrogens is 2. The van der Waals surface area contributed by atoms with Gasteiger partial charge < -0.3 is 5.73 Å². The molecule has 0 radical (unpaired) electrons. The Labute approximate surface area is 72.3 Å². The van der Waals surface area contributed by atoms with E-state index in [2.05, 4.69) is 9.97 Å². The first kappa shape index (κ1) is 8.87. The molecule has 1 aromatic rings. The lowest BCUT2D eigenvalue weighted by Crippen LogP contribution is -2.12. The second kappa shape index (κ2) is 4.62. The molecule has 2 N–H and O–H groups in total. The lowest BCUT2D eigenvalue weighted by Gasteiger charge is -1.96. The molecule has 1 aromatic heterocycles. The van der Waals surface area contributed by atoms with Gasteiger partial charge in [0.15, 0.2) is 0 Å². The van der Waals surface area contributed by atoms with E-state index in [4.69, 9.17) is 5.73 Å². The molecule has 1 rings (SSSR count). The molecule has 0 unspecified atom stereocenters. The van der Waals surface area contributed by atoms with Crippen LogP contribution in [0.4, 0.5) is 0 Å². The molecule has 0 aliphatic carbocycles. The van der Waals surface area contributed by atoms with E-state index in [1.165, 1.54) is 6.33 Å². The maximum atomic E-state index is 5.57. The third-order valence-corrected chi connectivity index (χ3v) is 1.40. The molecule has 0 amide bonds. The lowest BCUT2D eigenvalue weighted by molar-refractivity contribution is 0.759. The number of hydrogen-bond acceptors (Lipinski definition) is 3. The van der Waals surface area contributed by atoms with E-state index in [-0.39, 0.29) is 6.04 Å². The molecule has 0 aliphatic rings. The second-order valence-corrected chi connectivity index (χ2v) is 2.79. The second-order valence-electron chi connectivity index (χ2n) is 2.79. The number of nitrogens with zero attached hydrogens (tertiary/aromatic N) is 2. The van der Waals surface area contributed by atoms with Crippen molar-refractivity contribution in [3.8, 4) is 0 Å². The van der Waals surface area contributed by atoms with E-state index < -0.39 is 0 Å². The van der Waals surface area contributed by atoms with Gasteiger partial charge in [-0.1, -0.05) is 12.2 Å². The van der Waals surface area contributed by atoms with Gasteiger partial charge in [0.2, 0.25) is 0 Å². The zero-order chi connectivity index (χ0) is 8.81. The summed E-state index contributed by atoms with van der Waals surface area (Å²) >= 11 is 0. The molecule has 0 bridgehead atoms. The highest BCUT2D eigenvalue weighted by atomic mass is 14.8. The summed E-state index contributed by atoms with van der Waals surface area (Å²) in [6, 6.07) is 0.214. The van der Waals surface area contributed by atoms with Gasteiger partial charge in [0.05, 0.1) is 0 Å². The predicted molar refractivity (Wildman–Crippen MR) is 49.3 cm³/mol. The Hall–Kier alpha value is -1.22.